The highest BCUT2D eigenvalue weighted by atomic mass is 16.5. The number of aromatic nitrogens is 4. The summed E-state index contributed by atoms with van der Waals surface area (Å²) >= 11 is 0. The summed E-state index contributed by atoms with van der Waals surface area (Å²) in [6.45, 7) is 0. The number of nitrogens with zero attached hydrogens (tertiary/aromatic N) is 4. The zero-order valence-corrected chi connectivity index (χ0v) is 10.3. The predicted molar refractivity (Wildman–Crippen MR) is 67.4 cm³/mol. The first-order chi connectivity index (χ1) is 9.22. The minimum Gasteiger partial charge on any atom is -0.508 e. The van der Waals surface area contributed by atoms with E-state index in [0.29, 0.717) is 24.0 Å². The maximum Gasteiger partial charge on any atom is 0.238 e. The molecule has 96 valence electrons. The van der Waals surface area contributed by atoms with Crippen molar-refractivity contribution in [3.05, 3.63) is 48.1 Å². The van der Waals surface area contributed by atoms with E-state index in [4.69, 9.17) is 4.52 Å². The van der Waals surface area contributed by atoms with Crippen LogP contribution in [0.15, 0.2) is 41.2 Å². The van der Waals surface area contributed by atoms with Crippen molar-refractivity contribution in [1.82, 2.24) is 19.7 Å². The number of rotatable bonds is 3. The molecule has 6 heteroatoms. The van der Waals surface area contributed by atoms with E-state index in [9.17, 15) is 5.11 Å². The van der Waals surface area contributed by atoms with Crippen molar-refractivity contribution >= 4 is 0 Å². The van der Waals surface area contributed by atoms with E-state index in [1.807, 2.05) is 29.9 Å². The zero-order valence-electron chi connectivity index (χ0n) is 10.3. The van der Waals surface area contributed by atoms with Crippen LogP contribution in [0.4, 0.5) is 0 Å². The van der Waals surface area contributed by atoms with E-state index in [0.717, 1.165) is 5.56 Å². The van der Waals surface area contributed by atoms with E-state index in [1.54, 1.807) is 18.3 Å². The van der Waals surface area contributed by atoms with Crippen molar-refractivity contribution in [2.24, 2.45) is 7.05 Å². The monoisotopic (exact) mass is 256 g/mol. The minimum atomic E-state index is 0.239. The summed E-state index contributed by atoms with van der Waals surface area (Å²) < 4.78 is 7.03. The fourth-order valence-corrected chi connectivity index (χ4v) is 1.79. The van der Waals surface area contributed by atoms with Crippen LogP contribution in [0, 0.1) is 0 Å². The summed E-state index contributed by atoms with van der Waals surface area (Å²) in [6.07, 6.45) is 4.04. The molecular weight excluding hydrogens is 244 g/mol. The third-order valence-electron chi connectivity index (χ3n) is 2.78. The van der Waals surface area contributed by atoms with Crippen LogP contribution in [0.3, 0.4) is 0 Å². The molecule has 0 saturated carbocycles. The van der Waals surface area contributed by atoms with Gasteiger partial charge in [-0.05, 0) is 17.7 Å². The van der Waals surface area contributed by atoms with Crippen LogP contribution in [0.1, 0.15) is 11.5 Å². The summed E-state index contributed by atoms with van der Waals surface area (Å²) in [5, 5.41) is 13.1. The molecule has 6 nitrogen and oxygen atoms in total. The Kier molecular flexibility index (Phi) is 2.75. The number of hydrogen-bond acceptors (Lipinski definition) is 5. The van der Waals surface area contributed by atoms with Gasteiger partial charge in [0, 0.05) is 19.4 Å². The summed E-state index contributed by atoms with van der Waals surface area (Å²) in [5.74, 6) is 1.90. The molecule has 0 radical (unpaired) electrons. The molecule has 0 saturated heterocycles. The van der Waals surface area contributed by atoms with E-state index in [1.165, 1.54) is 0 Å². The first kappa shape index (κ1) is 11.5. The lowest BCUT2D eigenvalue weighted by Gasteiger charge is -1.96. The van der Waals surface area contributed by atoms with Crippen LogP contribution in [0.25, 0.3) is 11.6 Å². The van der Waals surface area contributed by atoms with Crippen LogP contribution in [-0.2, 0) is 13.5 Å². The summed E-state index contributed by atoms with van der Waals surface area (Å²) in [7, 11) is 1.87. The number of phenols is 1. The molecule has 0 aliphatic heterocycles. The van der Waals surface area contributed by atoms with Crippen molar-refractivity contribution in [2.75, 3.05) is 0 Å². The normalized spacial score (nSPS) is 10.8. The average molecular weight is 256 g/mol. The Balaban J connectivity index is 1.82. The molecule has 2 aromatic heterocycles. The average Bonchev–Trinajstić information content (AvgIpc) is 3.01. The van der Waals surface area contributed by atoms with Gasteiger partial charge in [-0.1, -0.05) is 17.3 Å². The predicted octanol–water partition coefficient (Wildman–Crippen LogP) is 1.77. The second kappa shape index (κ2) is 4.56. The number of aryl methyl sites for hydroxylation is 1. The maximum absolute atomic E-state index is 9.22. The molecule has 2 heterocycles. The number of aromatic hydroxyl groups is 1. The van der Waals surface area contributed by atoms with Crippen molar-refractivity contribution in [3.63, 3.8) is 0 Å². The number of imidazole rings is 1. The quantitative estimate of drug-likeness (QED) is 0.772. The number of benzene rings is 1. The van der Waals surface area contributed by atoms with Gasteiger partial charge >= 0.3 is 0 Å². The highest BCUT2D eigenvalue weighted by Crippen LogP contribution is 2.16. The molecule has 0 fully saturated rings. The van der Waals surface area contributed by atoms with Crippen LogP contribution in [-0.4, -0.2) is 24.8 Å². The van der Waals surface area contributed by atoms with E-state index in [2.05, 4.69) is 15.1 Å². The molecule has 0 bridgehead atoms. The second-order valence-corrected chi connectivity index (χ2v) is 4.22. The topological polar surface area (TPSA) is 77.0 Å². The lowest BCUT2D eigenvalue weighted by atomic mass is 10.1. The van der Waals surface area contributed by atoms with Gasteiger partial charge in [0.05, 0.1) is 6.42 Å². The summed E-state index contributed by atoms with van der Waals surface area (Å²) in [4.78, 5) is 8.47. The Labute approximate surface area is 109 Å². The smallest absolute Gasteiger partial charge is 0.238 e. The molecule has 0 amide bonds. The van der Waals surface area contributed by atoms with Gasteiger partial charge in [0.2, 0.25) is 11.7 Å². The van der Waals surface area contributed by atoms with Crippen molar-refractivity contribution in [3.8, 4) is 17.4 Å². The third kappa shape index (κ3) is 2.33. The Hall–Kier alpha value is -2.63. The summed E-state index contributed by atoms with van der Waals surface area (Å²) in [6, 6.07) is 6.90. The second-order valence-electron chi connectivity index (χ2n) is 4.22. The molecule has 1 aromatic carbocycles. The largest absolute Gasteiger partial charge is 0.508 e. The molecule has 3 rings (SSSR count). The fourth-order valence-electron chi connectivity index (χ4n) is 1.79. The fraction of sp³-hybridized carbons (Fsp3) is 0.154. The molecule has 0 atom stereocenters. The lowest BCUT2D eigenvalue weighted by molar-refractivity contribution is 0.385. The van der Waals surface area contributed by atoms with Crippen molar-refractivity contribution in [2.45, 2.75) is 6.42 Å². The zero-order chi connectivity index (χ0) is 13.2. The standard InChI is InChI=1S/C13H12N4O2/c1-17-7-6-14-13(17)12-15-11(19-16-12)8-9-2-4-10(18)5-3-9/h2-7,18H,8H2,1H3. The Morgan fingerprint density at radius 1 is 1.26 bits per heavy atom. The molecule has 0 spiro atoms. The van der Waals surface area contributed by atoms with Crippen LogP contribution < -0.4 is 0 Å². The van der Waals surface area contributed by atoms with Gasteiger partial charge in [0.15, 0.2) is 5.82 Å². The van der Waals surface area contributed by atoms with Crippen molar-refractivity contribution in [1.29, 1.82) is 0 Å². The number of phenolic OH excluding ortho intramolecular Hbond substituents is 1. The Bertz CT molecular complexity index is 685. The van der Waals surface area contributed by atoms with Gasteiger partial charge in [-0.2, -0.15) is 4.98 Å². The molecule has 0 aliphatic carbocycles. The molecule has 1 N–H and O–H groups in total. The first-order valence-electron chi connectivity index (χ1n) is 5.80. The van der Waals surface area contributed by atoms with E-state index < -0.39 is 0 Å². The Morgan fingerprint density at radius 2 is 2.05 bits per heavy atom. The highest BCUT2D eigenvalue weighted by Gasteiger charge is 2.12. The minimum absolute atomic E-state index is 0.239. The lowest BCUT2D eigenvalue weighted by Crippen LogP contribution is -1.93. The van der Waals surface area contributed by atoms with E-state index in [-0.39, 0.29) is 5.75 Å². The van der Waals surface area contributed by atoms with Gasteiger partial charge in [0.1, 0.15) is 5.75 Å². The van der Waals surface area contributed by atoms with E-state index >= 15 is 0 Å². The van der Waals surface area contributed by atoms with Crippen LogP contribution in [0.2, 0.25) is 0 Å². The number of hydrogen-bond donors (Lipinski definition) is 1. The third-order valence-corrected chi connectivity index (χ3v) is 2.78. The maximum atomic E-state index is 9.22. The SMILES string of the molecule is Cn1ccnc1-c1noc(Cc2ccc(O)cc2)n1. The molecular formula is C13H12N4O2. The Morgan fingerprint density at radius 3 is 2.74 bits per heavy atom. The van der Waals surface area contributed by atoms with Gasteiger partial charge in [-0.15, -0.1) is 0 Å². The van der Waals surface area contributed by atoms with Gasteiger partial charge in [0.25, 0.3) is 0 Å². The highest BCUT2D eigenvalue weighted by molar-refractivity contribution is 5.42. The van der Waals surface area contributed by atoms with Crippen LogP contribution >= 0.6 is 0 Å². The molecule has 19 heavy (non-hydrogen) atoms. The first-order valence-corrected chi connectivity index (χ1v) is 5.80. The molecule has 0 unspecified atom stereocenters. The van der Waals surface area contributed by atoms with Gasteiger partial charge in [-0.3, -0.25) is 0 Å². The molecule has 3 aromatic rings. The summed E-state index contributed by atoms with van der Waals surface area (Å²) in [5.41, 5.74) is 0.993. The molecule has 0 aliphatic rings. The van der Waals surface area contributed by atoms with Crippen molar-refractivity contribution < 1.29 is 9.63 Å². The van der Waals surface area contributed by atoms with Gasteiger partial charge in [-0.25, -0.2) is 4.98 Å². The van der Waals surface area contributed by atoms with Gasteiger partial charge < -0.3 is 14.2 Å². The van der Waals surface area contributed by atoms with Crippen LogP contribution in [0.5, 0.6) is 5.75 Å².